The summed E-state index contributed by atoms with van der Waals surface area (Å²) < 4.78 is 37.5. The van der Waals surface area contributed by atoms with E-state index in [1.54, 1.807) is 0 Å². The lowest BCUT2D eigenvalue weighted by atomic mass is 9.95. The minimum absolute atomic E-state index is 0.782. The summed E-state index contributed by atoms with van der Waals surface area (Å²) in [7, 11) is 0. The van der Waals surface area contributed by atoms with Crippen LogP contribution in [0.2, 0.25) is 0 Å². The van der Waals surface area contributed by atoms with Crippen LogP contribution in [0.15, 0.2) is 0 Å². The average Bonchev–Trinajstić information content (AvgIpc) is 3.03. The Morgan fingerprint density at radius 2 is 0.689 bits per heavy atom. The monoisotopic (exact) mass is 666 g/mol. The number of aliphatic hydroxyl groups is 14. The molecule has 0 saturated carbocycles. The van der Waals surface area contributed by atoms with Gasteiger partial charge in [-0.15, -0.1) is 0 Å². The zero-order valence-corrected chi connectivity index (χ0v) is 23.5. The maximum Gasteiger partial charge on any atom is 0.187 e. The van der Waals surface area contributed by atoms with Crippen LogP contribution in [-0.2, 0) is 33.2 Å². The molecule has 1 unspecified atom stereocenters. The first kappa shape index (κ1) is 37.0. The highest BCUT2D eigenvalue weighted by Crippen LogP contribution is 2.34. The number of ether oxygens (including phenoxy) is 7. The van der Waals surface area contributed by atoms with Crippen molar-refractivity contribution in [1.82, 2.24) is 0 Å². The van der Waals surface area contributed by atoms with Gasteiger partial charge >= 0.3 is 0 Å². The summed E-state index contributed by atoms with van der Waals surface area (Å²) in [4.78, 5) is 0. The van der Waals surface area contributed by atoms with Crippen molar-refractivity contribution in [3.05, 3.63) is 0 Å². The Morgan fingerprint density at radius 1 is 0.333 bits per heavy atom. The highest BCUT2D eigenvalue weighted by Gasteiger charge is 2.55. The highest BCUT2D eigenvalue weighted by molar-refractivity contribution is 4.97. The third-order valence-electron chi connectivity index (χ3n) is 8.20. The average molecular weight is 667 g/mol. The quantitative estimate of drug-likeness (QED) is 0.103. The molecule has 14 N–H and O–H groups in total. The Labute approximate surface area is 254 Å². The second-order valence-corrected chi connectivity index (χ2v) is 11.1. The van der Waals surface area contributed by atoms with Crippen LogP contribution in [0.25, 0.3) is 0 Å². The Balaban J connectivity index is 1.43. The van der Waals surface area contributed by atoms with E-state index < -0.39 is 149 Å². The Hall–Kier alpha value is -0.840. The van der Waals surface area contributed by atoms with Gasteiger partial charge in [0.2, 0.25) is 0 Å². The maximum atomic E-state index is 10.9. The van der Waals surface area contributed by atoms with Crippen LogP contribution in [0.1, 0.15) is 0 Å². The van der Waals surface area contributed by atoms with Gasteiger partial charge in [0, 0.05) is 0 Å². The molecule has 0 bridgehead atoms. The first-order valence-corrected chi connectivity index (χ1v) is 14.1. The van der Waals surface area contributed by atoms with E-state index in [2.05, 4.69) is 0 Å². The van der Waals surface area contributed by atoms with E-state index in [9.17, 15) is 71.5 Å². The van der Waals surface area contributed by atoms with Gasteiger partial charge in [-0.25, -0.2) is 0 Å². The lowest BCUT2D eigenvalue weighted by molar-refractivity contribution is -0.387. The fourth-order valence-electron chi connectivity index (χ4n) is 5.54. The molecular formula is C24H42O21. The molecule has 4 fully saturated rings. The molecule has 0 aromatic rings. The van der Waals surface area contributed by atoms with Crippen molar-refractivity contribution in [1.29, 1.82) is 0 Å². The Bertz CT molecular complexity index is 912. The summed E-state index contributed by atoms with van der Waals surface area (Å²) in [5, 5.41) is 142. The van der Waals surface area contributed by atoms with Gasteiger partial charge in [0.1, 0.15) is 97.7 Å². The summed E-state index contributed by atoms with van der Waals surface area (Å²) in [6.07, 6.45) is -35.4. The maximum absolute atomic E-state index is 10.9. The zero-order chi connectivity index (χ0) is 33.3. The van der Waals surface area contributed by atoms with Crippen molar-refractivity contribution in [2.75, 3.05) is 26.4 Å². The van der Waals surface area contributed by atoms with Crippen molar-refractivity contribution in [3.8, 4) is 0 Å². The van der Waals surface area contributed by atoms with E-state index in [4.69, 9.17) is 33.2 Å². The lowest BCUT2D eigenvalue weighted by Gasteiger charge is -2.48. The van der Waals surface area contributed by atoms with Crippen LogP contribution in [0.4, 0.5) is 0 Å². The van der Waals surface area contributed by atoms with Gasteiger partial charge in [0.05, 0.1) is 26.4 Å². The van der Waals surface area contributed by atoms with E-state index in [-0.39, 0.29) is 0 Å². The van der Waals surface area contributed by atoms with Crippen LogP contribution < -0.4 is 0 Å². The third kappa shape index (κ3) is 7.44. The molecule has 4 rings (SSSR count). The van der Waals surface area contributed by atoms with Crippen LogP contribution in [0.3, 0.4) is 0 Å². The number of aliphatic hydroxyl groups excluding tert-OH is 14. The summed E-state index contributed by atoms with van der Waals surface area (Å²) >= 11 is 0. The van der Waals surface area contributed by atoms with Gasteiger partial charge in [0.25, 0.3) is 0 Å². The van der Waals surface area contributed by atoms with Gasteiger partial charge in [-0.1, -0.05) is 0 Å². The molecule has 45 heavy (non-hydrogen) atoms. The van der Waals surface area contributed by atoms with Crippen molar-refractivity contribution >= 4 is 0 Å². The molecule has 0 radical (unpaired) electrons. The normalized spacial score (nSPS) is 52.9. The first-order chi connectivity index (χ1) is 21.3. The molecule has 0 aromatic heterocycles. The van der Waals surface area contributed by atoms with Crippen LogP contribution in [-0.4, -0.2) is 221 Å². The van der Waals surface area contributed by atoms with E-state index in [1.807, 2.05) is 0 Å². The van der Waals surface area contributed by atoms with Crippen molar-refractivity contribution in [2.24, 2.45) is 0 Å². The molecule has 4 heterocycles. The van der Waals surface area contributed by atoms with Crippen LogP contribution in [0, 0.1) is 0 Å². The second-order valence-electron chi connectivity index (χ2n) is 11.1. The van der Waals surface area contributed by atoms with Crippen molar-refractivity contribution in [2.45, 2.75) is 123 Å². The molecule has 4 saturated heterocycles. The smallest absolute Gasteiger partial charge is 0.187 e. The minimum Gasteiger partial charge on any atom is -0.394 e. The largest absolute Gasteiger partial charge is 0.394 e. The summed E-state index contributed by atoms with van der Waals surface area (Å²) in [6, 6.07) is 0. The van der Waals surface area contributed by atoms with Gasteiger partial charge in [-0.2, -0.15) is 0 Å². The molecule has 0 aliphatic carbocycles. The predicted octanol–water partition coefficient (Wildman–Crippen LogP) is -9.75. The summed E-state index contributed by atoms with van der Waals surface area (Å²) in [5.74, 6) is 0. The lowest BCUT2D eigenvalue weighted by Crippen LogP contribution is -2.67. The molecule has 4 aliphatic rings. The standard InChI is InChI=1S/C24H42O21/c25-1-5-9(29)11(31)14(34)22(40-5)43-18-7(3-27)41-23(15(35)12(18)32)44-19-8(4-28)42-24(16(36)13(19)33)45-20-10(30)6(2-26)39-21(38)17(20)37/h5-38H,1-4H2/t5-,6-,7-,8-,9-,10-,11+,12-,13-,14-,15-,16-,17-,18-,19-,20+,21-,22?,23+,24+/m1/s1. The number of rotatable bonds is 10. The number of hydrogen-bond acceptors (Lipinski definition) is 21. The summed E-state index contributed by atoms with van der Waals surface area (Å²) in [5.41, 5.74) is 0. The van der Waals surface area contributed by atoms with E-state index in [1.165, 1.54) is 0 Å². The third-order valence-corrected chi connectivity index (χ3v) is 8.20. The fraction of sp³-hybridized carbons (Fsp3) is 1.00. The fourth-order valence-corrected chi connectivity index (χ4v) is 5.54. The molecule has 0 amide bonds. The minimum atomic E-state index is -2.02. The van der Waals surface area contributed by atoms with Crippen LogP contribution >= 0.6 is 0 Å². The van der Waals surface area contributed by atoms with E-state index in [0.29, 0.717) is 0 Å². The second kappa shape index (κ2) is 15.6. The number of hydrogen-bond donors (Lipinski definition) is 14. The molecule has 264 valence electrons. The SMILES string of the molecule is OC[C@H]1OC(O[C@H]2[C@H](O)[C@@H](O)[C@H](O[C@H]3[C@H](O)[C@@H](O)[C@H](O[C@@H]4[C@@H](O)[C@H](O)O[C@H](CO)[C@H]4O)O[C@@H]3CO)O[C@@H]2CO)[C@H](O)[C@@H](O)[C@@H]1O. The zero-order valence-electron chi connectivity index (χ0n) is 23.5. The van der Waals surface area contributed by atoms with Crippen molar-refractivity contribution < 1.29 is 105 Å². The van der Waals surface area contributed by atoms with Crippen LogP contribution in [0.5, 0.6) is 0 Å². The van der Waals surface area contributed by atoms with E-state index >= 15 is 0 Å². The molecule has 20 atom stereocenters. The highest BCUT2D eigenvalue weighted by atomic mass is 16.8. The van der Waals surface area contributed by atoms with Gasteiger partial charge < -0.3 is 105 Å². The molecule has 0 aromatic carbocycles. The molecule has 21 heteroatoms. The summed E-state index contributed by atoms with van der Waals surface area (Å²) in [6.45, 7) is -3.37. The Morgan fingerprint density at radius 3 is 1.11 bits per heavy atom. The molecule has 21 nitrogen and oxygen atoms in total. The van der Waals surface area contributed by atoms with E-state index in [0.717, 1.165) is 0 Å². The molecular weight excluding hydrogens is 624 g/mol. The van der Waals surface area contributed by atoms with Gasteiger partial charge in [0.15, 0.2) is 25.2 Å². The molecule has 0 spiro atoms. The van der Waals surface area contributed by atoms with Gasteiger partial charge in [-0.3, -0.25) is 0 Å². The van der Waals surface area contributed by atoms with Crippen molar-refractivity contribution in [3.63, 3.8) is 0 Å². The first-order valence-electron chi connectivity index (χ1n) is 14.1. The molecule has 4 aliphatic heterocycles. The topological polar surface area (TPSA) is 348 Å². The predicted molar refractivity (Wildman–Crippen MR) is 134 cm³/mol. The van der Waals surface area contributed by atoms with Gasteiger partial charge in [-0.05, 0) is 0 Å². The Kier molecular flexibility index (Phi) is 12.8.